The summed E-state index contributed by atoms with van der Waals surface area (Å²) >= 11 is 0. The molecule has 0 spiro atoms. The normalized spacial score (nSPS) is 22.8. The Labute approximate surface area is 248 Å². The van der Waals surface area contributed by atoms with Gasteiger partial charge in [-0.15, -0.1) is 0 Å². The molecule has 0 saturated heterocycles. The standard InChI is InChI=1S/C36H42N2O4/c1-21(2)17-18-27-31(39)24-12-6-7-13-25(24)32(40)33(27)42-36(20-19-22(3)4)34-30(23-11-5-8-14-26(23)35(36)41)37-28-15-9-10-16-29(28)38-34/h9-10,15-16,21-22H,5-8,11-14,17-20H2,1-4H3. The quantitative estimate of drug-likeness (QED) is 0.302. The number of carbonyl (C=O) groups is 3. The highest BCUT2D eigenvalue weighted by Crippen LogP contribution is 2.50. The van der Waals surface area contributed by atoms with E-state index >= 15 is 0 Å². The molecular formula is C36H42N2O4. The summed E-state index contributed by atoms with van der Waals surface area (Å²) in [6.07, 6.45) is 8.64. The van der Waals surface area contributed by atoms with E-state index in [1.54, 1.807) is 0 Å². The van der Waals surface area contributed by atoms with Gasteiger partial charge in [0.2, 0.25) is 17.2 Å². The molecule has 0 amide bonds. The van der Waals surface area contributed by atoms with Crippen LogP contribution in [0.2, 0.25) is 0 Å². The summed E-state index contributed by atoms with van der Waals surface area (Å²) in [5.41, 5.74) is 4.61. The number of ketones is 3. The van der Waals surface area contributed by atoms with Gasteiger partial charge >= 0.3 is 0 Å². The molecule has 1 aromatic heterocycles. The third kappa shape index (κ3) is 4.87. The van der Waals surface area contributed by atoms with Gasteiger partial charge in [-0.1, -0.05) is 39.8 Å². The lowest BCUT2D eigenvalue weighted by molar-refractivity contribution is -0.142. The Morgan fingerprint density at radius 1 is 0.738 bits per heavy atom. The molecule has 0 radical (unpaired) electrons. The molecule has 4 aliphatic rings. The highest BCUT2D eigenvalue weighted by atomic mass is 16.5. The second kappa shape index (κ2) is 11.3. The Hall–Kier alpha value is -3.41. The lowest BCUT2D eigenvalue weighted by Gasteiger charge is -2.41. The molecule has 0 N–H and O–H groups in total. The molecule has 6 heteroatoms. The van der Waals surface area contributed by atoms with Gasteiger partial charge in [-0.05, 0) is 100 Å². The average Bonchev–Trinajstić information content (AvgIpc) is 2.99. The van der Waals surface area contributed by atoms with Gasteiger partial charge in [-0.3, -0.25) is 14.4 Å². The number of Topliss-reactive ketones (excluding diaryl/α,β-unsaturated/α-hetero) is 3. The van der Waals surface area contributed by atoms with E-state index in [-0.39, 0.29) is 23.1 Å². The maximum Gasteiger partial charge on any atom is 0.224 e. The number of hydrogen-bond acceptors (Lipinski definition) is 6. The van der Waals surface area contributed by atoms with Crippen LogP contribution in [0.1, 0.15) is 116 Å². The third-order valence-corrected chi connectivity index (χ3v) is 9.44. The van der Waals surface area contributed by atoms with Crippen molar-refractivity contribution in [2.24, 2.45) is 11.8 Å². The second-order valence-corrected chi connectivity index (χ2v) is 13.3. The molecule has 4 aliphatic carbocycles. The first-order chi connectivity index (χ1) is 20.2. The summed E-state index contributed by atoms with van der Waals surface area (Å²) < 4.78 is 6.97. The van der Waals surface area contributed by atoms with Gasteiger partial charge in [0.15, 0.2) is 11.5 Å². The molecule has 2 aromatic rings. The Bertz CT molecular complexity index is 1570. The Balaban J connectivity index is 1.58. The first-order valence-electron chi connectivity index (χ1n) is 16.0. The van der Waals surface area contributed by atoms with Crippen LogP contribution in [0.5, 0.6) is 0 Å². The maximum absolute atomic E-state index is 14.8. The van der Waals surface area contributed by atoms with E-state index < -0.39 is 5.60 Å². The van der Waals surface area contributed by atoms with E-state index in [0.717, 1.165) is 60.9 Å². The zero-order valence-electron chi connectivity index (χ0n) is 25.5. The monoisotopic (exact) mass is 566 g/mol. The van der Waals surface area contributed by atoms with Crippen molar-refractivity contribution in [2.75, 3.05) is 0 Å². The minimum atomic E-state index is -1.51. The SMILES string of the molecule is CC(C)CCC1=C(OC2(CCC(C)C)C(=O)C3=C(CCCC3)c3nc4ccccc4nc32)C(=O)C2=C(CCCC2)C1=O. The molecule has 0 fully saturated rings. The molecule has 1 unspecified atom stereocenters. The van der Waals surface area contributed by atoms with Gasteiger partial charge < -0.3 is 4.74 Å². The van der Waals surface area contributed by atoms with Crippen LogP contribution >= 0.6 is 0 Å². The fourth-order valence-electron chi connectivity index (χ4n) is 7.04. The number of rotatable bonds is 8. The van der Waals surface area contributed by atoms with Crippen LogP contribution in [0.15, 0.2) is 52.3 Å². The minimum absolute atomic E-state index is 0.0652. The molecule has 6 nitrogen and oxygen atoms in total. The van der Waals surface area contributed by atoms with E-state index in [0.29, 0.717) is 78.3 Å². The van der Waals surface area contributed by atoms with Gasteiger partial charge in [-0.25, -0.2) is 9.97 Å². The summed E-state index contributed by atoms with van der Waals surface area (Å²) in [5.74, 6) is 0.349. The third-order valence-electron chi connectivity index (χ3n) is 9.44. The van der Waals surface area contributed by atoms with Gasteiger partial charge in [0.1, 0.15) is 5.69 Å². The summed E-state index contributed by atoms with van der Waals surface area (Å²) in [6.45, 7) is 8.48. The zero-order valence-corrected chi connectivity index (χ0v) is 25.5. The number of nitrogens with zero attached hydrogens (tertiary/aromatic N) is 2. The molecule has 6 rings (SSSR count). The Kier molecular flexibility index (Phi) is 7.75. The average molecular weight is 567 g/mol. The van der Waals surface area contributed by atoms with E-state index in [1.807, 2.05) is 24.3 Å². The van der Waals surface area contributed by atoms with Gasteiger partial charge in [0.05, 0.1) is 16.7 Å². The Morgan fingerprint density at radius 2 is 1.31 bits per heavy atom. The lowest BCUT2D eigenvalue weighted by Crippen LogP contribution is -2.46. The second-order valence-electron chi connectivity index (χ2n) is 13.3. The minimum Gasteiger partial charge on any atom is -0.468 e. The van der Waals surface area contributed by atoms with E-state index in [2.05, 4.69) is 27.7 Å². The van der Waals surface area contributed by atoms with Crippen LogP contribution in [0.25, 0.3) is 16.6 Å². The van der Waals surface area contributed by atoms with Crippen LogP contribution in [-0.2, 0) is 24.7 Å². The predicted octanol–water partition coefficient (Wildman–Crippen LogP) is 7.90. The summed E-state index contributed by atoms with van der Waals surface area (Å²) in [5, 5.41) is 0. The highest BCUT2D eigenvalue weighted by molar-refractivity contribution is 6.25. The predicted molar refractivity (Wildman–Crippen MR) is 163 cm³/mol. The first kappa shape index (κ1) is 28.7. The largest absolute Gasteiger partial charge is 0.468 e. The van der Waals surface area contributed by atoms with Crippen molar-refractivity contribution < 1.29 is 19.1 Å². The van der Waals surface area contributed by atoms with Gasteiger partial charge in [-0.2, -0.15) is 0 Å². The molecule has 1 heterocycles. The number of benzene rings is 1. The van der Waals surface area contributed by atoms with E-state index in [9.17, 15) is 14.4 Å². The Morgan fingerprint density at radius 3 is 1.95 bits per heavy atom. The molecule has 1 aromatic carbocycles. The van der Waals surface area contributed by atoms with Crippen LogP contribution in [0, 0.1) is 11.8 Å². The molecule has 1 atom stereocenters. The zero-order chi connectivity index (χ0) is 29.6. The number of hydrogen-bond donors (Lipinski definition) is 0. The van der Waals surface area contributed by atoms with Gasteiger partial charge in [0, 0.05) is 28.7 Å². The lowest BCUT2D eigenvalue weighted by atomic mass is 9.71. The molecule has 0 bridgehead atoms. The number of fused-ring (bicyclic) bond motifs is 3. The van der Waals surface area contributed by atoms with Crippen molar-refractivity contribution in [3.8, 4) is 0 Å². The summed E-state index contributed by atoms with van der Waals surface area (Å²) in [4.78, 5) is 53.3. The van der Waals surface area contributed by atoms with Crippen LogP contribution in [-0.4, -0.2) is 27.3 Å². The van der Waals surface area contributed by atoms with Crippen molar-refractivity contribution in [3.63, 3.8) is 0 Å². The molecule has 42 heavy (non-hydrogen) atoms. The van der Waals surface area contributed by atoms with Crippen LogP contribution < -0.4 is 0 Å². The number of para-hydroxylation sites is 2. The maximum atomic E-state index is 14.8. The number of allylic oxidation sites excluding steroid dienone is 4. The number of aromatic nitrogens is 2. The fraction of sp³-hybridized carbons (Fsp3) is 0.528. The van der Waals surface area contributed by atoms with Crippen molar-refractivity contribution in [2.45, 2.75) is 110 Å². The van der Waals surface area contributed by atoms with E-state index in [1.165, 1.54) is 0 Å². The van der Waals surface area contributed by atoms with E-state index in [4.69, 9.17) is 14.7 Å². The van der Waals surface area contributed by atoms with Crippen molar-refractivity contribution in [3.05, 3.63) is 63.7 Å². The molecule has 0 aliphatic heterocycles. The first-order valence-corrected chi connectivity index (χ1v) is 16.0. The topological polar surface area (TPSA) is 86.2 Å². The van der Waals surface area contributed by atoms with Crippen molar-refractivity contribution in [1.29, 1.82) is 0 Å². The van der Waals surface area contributed by atoms with Crippen LogP contribution in [0.3, 0.4) is 0 Å². The fourth-order valence-corrected chi connectivity index (χ4v) is 7.04. The number of carbonyl (C=O) groups excluding carboxylic acids is 3. The molecule has 0 saturated carbocycles. The summed E-state index contributed by atoms with van der Waals surface area (Å²) in [7, 11) is 0. The highest BCUT2D eigenvalue weighted by Gasteiger charge is 2.53. The van der Waals surface area contributed by atoms with Crippen molar-refractivity contribution >= 4 is 34.0 Å². The van der Waals surface area contributed by atoms with Gasteiger partial charge in [0.25, 0.3) is 0 Å². The molecule has 220 valence electrons. The molecular weight excluding hydrogens is 524 g/mol. The summed E-state index contributed by atoms with van der Waals surface area (Å²) in [6, 6.07) is 7.73. The smallest absolute Gasteiger partial charge is 0.224 e. The number of ether oxygens (including phenoxy) is 1. The van der Waals surface area contributed by atoms with Crippen molar-refractivity contribution in [1.82, 2.24) is 9.97 Å². The van der Waals surface area contributed by atoms with Crippen LogP contribution in [0.4, 0.5) is 0 Å².